The van der Waals surface area contributed by atoms with Gasteiger partial charge in [0.25, 0.3) is 5.56 Å². The van der Waals surface area contributed by atoms with Gasteiger partial charge in [0, 0.05) is 18.1 Å². The number of carbonyl (C=O) groups is 2. The fourth-order valence-corrected chi connectivity index (χ4v) is 1.87. The van der Waals surface area contributed by atoms with Crippen LogP contribution in [0.3, 0.4) is 0 Å². The Morgan fingerprint density at radius 1 is 1.20 bits per heavy atom. The lowest BCUT2D eigenvalue weighted by Gasteiger charge is -2.07. The first kappa shape index (κ1) is 13.8. The first-order chi connectivity index (χ1) is 9.58. The lowest BCUT2D eigenvalue weighted by molar-refractivity contribution is -0.136. The highest BCUT2D eigenvalue weighted by Crippen LogP contribution is 2.07. The third kappa shape index (κ3) is 3.23. The molecule has 0 aliphatic carbocycles. The Balaban J connectivity index is 2.10. The number of nitrogens with zero attached hydrogens (tertiary/aromatic N) is 1. The first-order valence-electron chi connectivity index (χ1n) is 6.14. The number of hydrogen-bond acceptors (Lipinski definition) is 3. The summed E-state index contributed by atoms with van der Waals surface area (Å²) >= 11 is 0. The molecule has 0 saturated heterocycles. The minimum atomic E-state index is -0.979. The molecule has 1 aromatic carbocycles. The van der Waals surface area contributed by atoms with Crippen molar-refractivity contribution in [3.05, 3.63) is 46.9 Å². The summed E-state index contributed by atoms with van der Waals surface area (Å²) in [6, 6.07) is 8.90. The molecule has 2 aromatic rings. The van der Waals surface area contributed by atoms with Crippen molar-refractivity contribution in [2.45, 2.75) is 13.0 Å². The van der Waals surface area contributed by atoms with E-state index in [1.807, 2.05) is 12.1 Å². The molecule has 0 radical (unpaired) electrons. The number of hydrogen-bond donors (Lipinski definition) is 2. The SMILES string of the molecule is O=C(O)CCNC(=O)Cn1ccc2ccccc2c1=O. The second-order valence-electron chi connectivity index (χ2n) is 4.33. The average Bonchev–Trinajstić information content (AvgIpc) is 2.42. The van der Waals surface area contributed by atoms with Gasteiger partial charge in [-0.05, 0) is 17.5 Å². The topological polar surface area (TPSA) is 88.4 Å². The molecule has 1 heterocycles. The van der Waals surface area contributed by atoms with Crippen LogP contribution >= 0.6 is 0 Å². The van der Waals surface area contributed by atoms with Crippen LogP contribution in [-0.4, -0.2) is 28.1 Å². The Labute approximate surface area is 114 Å². The number of carboxylic acids is 1. The number of nitrogens with one attached hydrogen (secondary N) is 1. The molecule has 0 fully saturated rings. The Bertz CT molecular complexity index is 706. The summed E-state index contributed by atoms with van der Waals surface area (Å²) in [5.41, 5.74) is -0.239. The molecule has 20 heavy (non-hydrogen) atoms. The molecule has 0 saturated carbocycles. The van der Waals surface area contributed by atoms with Gasteiger partial charge in [0.1, 0.15) is 6.54 Å². The van der Waals surface area contributed by atoms with Crippen LogP contribution in [0.1, 0.15) is 6.42 Å². The molecule has 1 amide bonds. The van der Waals surface area contributed by atoms with Gasteiger partial charge in [0.2, 0.25) is 5.91 Å². The van der Waals surface area contributed by atoms with Gasteiger partial charge >= 0.3 is 5.97 Å². The van der Waals surface area contributed by atoms with Gasteiger partial charge in [-0.25, -0.2) is 0 Å². The van der Waals surface area contributed by atoms with E-state index in [9.17, 15) is 14.4 Å². The van der Waals surface area contributed by atoms with Gasteiger partial charge in [-0.2, -0.15) is 0 Å². The average molecular weight is 274 g/mol. The molecule has 0 atom stereocenters. The van der Waals surface area contributed by atoms with Crippen molar-refractivity contribution in [3.8, 4) is 0 Å². The summed E-state index contributed by atoms with van der Waals surface area (Å²) in [4.78, 5) is 34.1. The minimum absolute atomic E-state index is 0.0521. The predicted molar refractivity (Wildman–Crippen MR) is 73.5 cm³/mol. The van der Waals surface area contributed by atoms with Crippen LogP contribution in [0.15, 0.2) is 41.3 Å². The van der Waals surface area contributed by atoms with Crippen molar-refractivity contribution in [1.29, 1.82) is 0 Å². The highest BCUT2D eigenvalue weighted by molar-refractivity contribution is 5.82. The van der Waals surface area contributed by atoms with E-state index in [2.05, 4.69) is 5.32 Å². The van der Waals surface area contributed by atoms with Gasteiger partial charge in [0.15, 0.2) is 0 Å². The van der Waals surface area contributed by atoms with Gasteiger partial charge in [0.05, 0.1) is 6.42 Å². The molecule has 104 valence electrons. The number of aromatic nitrogens is 1. The molecule has 2 N–H and O–H groups in total. The lowest BCUT2D eigenvalue weighted by Crippen LogP contribution is -2.33. The van der Waals surface area contributed by atoms with Gasteiger partial charge < -0.3 is 15.0 Å². The quantitative estimate of drug-likeness (QED) is 0.835. The zero-order valence-electron chi connectivity index (χ0n) is 10.7. The number of fused-ring (bicyclic) bond motifs is 1. The van der Waals surface area contributed by atoms with Crippen LogP contribution in [-0.2, 0) is 16.1 Å². The van der Waals surface area contributed by atoms with Gasteiger partial charge in [-0.15, -0.1) is 0 Å². The molecule has 0 unspecified atom stereocenters. The van der Waals surface area contributed by atoms with E-state index >= 15 is 0 Å². The molecule has 2 rings (SSSR count). The van der Waals surface area contributed by atoms with Crippen molar-refractivity contribution in [1.82, 2.24) is 9.88 Å². The summed E-state index contributed by atoms with van der Waals surface area (Å²) in [7, 11) is 0. The van der Waals surface area contributed by atoms with Crippen LogP contribution < -0.4 is 10.9 Å². The second kappa shape index (κ2) is 6.01. The molecule has 0 spiro atoms. The Hall–Kier alpha value is -2.63. The fourth-order valence-electron chi connectivity index (χ4n) is 1.87. The smallest absolute Gasteiger partial charge is 0.305 e. The monoisotopic (exact) mass is 274 g/mol. The van der Waals surface area contributed by atoms with Crippen LogP contribution in [0.2, 0.25) is 0 Å². The summed E-state index contributed by atoms with van der Waals surface area (Å²) in [5, 5.41) is 12.3. The molecular weight excluding hydrogens is 260 g/mol. The van der Waals surface area contributed by atoms with Crippen molar-refractivity contribution in [2.24, 2.45) is 0 Å². The third-order valence-electron chi connectivity index (χ3n) is 2.86. The van der Waals surface area contributed by atoms with E-state index < -0.39 is 5.97 Å². The maximum atomic E-state index is 12.1. The Morgan fingerprint density at radius 3 is 2.70 bits per heavy atom. The molecule has 1 aromatic heterocycles. The molecule has 6 nitrogen and oxygen atoms in total. The van der Waals surface area contributed by atoms with E-state index in [1.165, 1.54) is 4.57 Å². The largest absolute Gasteiger partial charge is 0.481 e. The second-order valence-corrected chi connectivity index (χ2v) is 4.33. The van der Waals surface area contributed by atoms with Gasteiger partial charge in [-0.3, -0.25) is 14.4 Å². The van der Waals surface area contributed by atoms with Crippen LogP contribution in [0.4, 0.5) is 0 Å². The Morgan fingerprint density at radius 2 is 1.95 bits per heavy atom. The van der Waals surface area contributed by atoms with Crippen molar-refractivity contribution >= 4 is 22.6 Å². The van der Waals surface area contributed by atoms with Crippen LogP contribution in [0.5, 0.6) is 0 Å². The van der Waals surface area contributed by atoms with E-state index in [0.29, 0.717) is 5.39 Å². The van der Waals surface area contributed by atoms with Crippen LogP contribution in [0.25, 0.3) is 10.8 Å². The van der Waals surface area contributed by atoms with Crippen molar-refractivity contribution in [3.63, 3.8) is 0 Å². The number of carbonyl (C=O) groups excluding carboxylic acids is 1. The van der Waals surface area contributed by atoms with Crippen molar-refractivity contribution < 1.29 is 14.7 Å². The van der Waals surface area contributed by atoms with E-state index in [0.717, 1.165) is 5.39 Å². The number of carboxylic acid groups (broad SMARTS) is 1. The lowest BCUT2D eigenvalue weighted by atomic mass is 10.2. The van der Waals surface area contributed by atoms with E-state index in [1.54, 1.807) is 24.4 Å². The maximum Gasteiger partial charge on any atom is 0.305 e. The van der Waals surface area contributed by atoms with E-state index in [4.69, 9.17) is 5.11 Å². The predicted octanol–water partition coefficient (Wildman–Crippen LogP) is 0.592. The molecule has 0 bridgehead atoms. The van der Waals surface area contributed by atoms with Gasteiger partial charge in [-0.1, -0.05) is 18.2 Å². The molecule has 0 aliphatic rings. The Kier molecular flexibility index (Phi) is 4.14. The third-order valence-corrected chi connectivity index (χ3v) is 2.86. The standard InChI is InChI=1S/C14H14N2O4/c17-12(15-7-5-13(18)19)9-16-8-6-10-3-1-2-4-11(10)14(16)20/h1-4,6,8H,5,7,9H2,(H,15,17)(H,18,19). The normalized spacial score (nSPS) is 10.4. The summed E-state index contributed by atoms with van der Waals surface area (Å²) in [6.45, 7) is -0.0697. The first-order valence-corrected chi connectivity index (χ1v) is 6.14. The minimum Gasteiger partial charge on any atom is -0.481 e. The molecular formula is C14H14N2O4. The molecule has 0 aliphatic heterocycles. The number of benzene rings is 1. The summed E-state index contributed by atoms with van der Waals surface area (Å²) in [6.07, 6.45) is 1.42. The molecule has 6 heteroatoms. The highest BCUT2D eigenvalue weighted by atomic mass is 16.4. The summed E-state index contributed by atoms with van der Waals surface area (Å²) < 4.78 is 1.30. The number of pyridine rings is 1. The number of aliphatic carboxylic acids is 1. The zero-order chi connectivity index (χ0) is 14.5. The summed E-state index contributed by atoms with van der Waals surface area (Å²) in [5.74, 6) is -1.36. The zero-order valence-corrected chi connectivity index (χ0v) is 10.7. The highest BCUT2D eigenvalue weighted by Gasteiger charge is 2.07. The maximum absolute atomic E-state index is 12.1. The van der Waals surface area contributed by atoms with Crippen molar-refractivity contribution in [2.75, 3.05) is 6.54 Å². The fraction of sp³-hybridized carbons (Fsp3) is 0.214. The number of rotatable bonds is 5. The van der Waals surface area contributed by atoms with E-state index in [-0.39, 0.29) is 31.0 Å². The number of amides is 1. The van der Waals surface area contributed by atoms with Crippen LogP contribution in [0, 0.1) is 0 Å².